The molecular weight excluding hydrogens is 352 g/mol. The number of piperidine rings is 1. The van der Waals surface area contributed by atoms with Gasteiger partial charge in [-0.15, -0.1) is 0 Å². The number of amides is 2. The highest BCUT2D eigenvalue weighted by molar-refractivity contribution is 5.87. The van der Waals surface area contributed by atoms with Crippen LogP contribution in [0.5, 0.6) is 0 Å². The van der Waals surface area contributed by atoms with Crippen LogP contribution in [0.25, 0.3) is 0 Å². The first kappa shape index (κ1) is 19.7. The maximum absolute atomic E-state index is 13.1. The molecule has 1 heterocycles. The molecule has 0 saturated carbocycles. The number of likely N-dealkylation sites (tertiary alicyclic amines) is 1. The van der Waals surface area contributed by atoms with Gasteiger partial charge in [0.2, 0.25) is 5.91 Å². The van der Waals surface area contributed by atoms with Crippen LogP contribution in [0.1, 0.15) is 29.9 Å². The molecule has 0 aliphatic carbocycles. The highest BCUT2D eigenvalue weighted by Crippen LogP contribution is 2.25. The number of carbonyl (C=O) groups excluding carboxylic acids is 2. The molecule has 1 fully saturated rings. The molecule has 146 valence electrons. The fourth-order valence-corrected chi connectivity index (χ4v) is 3.50. The first-order valence-corrected chi connectivity index (χ1v) is 9.62. The van der Waals surface area contributed by atoms with E-state index in [1.54, 1.807) is 11.0 Å². The summed E-state index contributed by atoms with van der Waals surface area (Å²) < 4.78 is 5.08. The molecule has 2 aromatic rings. The van der Waals surface area contributed by atoms with Crippen LogP contribution in [0.4, 0.5) is 4.79 Å². The molecule has 3 rings (SSSR count). The second-order valence-corrected chi connectivity index (χ2v) is 6.89. The first-order valence-electron chi connectivity index (χ1n) is 9.62. The van der Waals surface area contributed by atoms with Crippen molar-refractivity contribution in [1.82, 2.24) is 10.2 Å². The van der Waals surface area contributed by atoms with E-state index in [9.17, 15) is 9.59 Å². The van der Waals surface area contributed by atoms with Gasteiger partial charge in [-0.3, -0.25) is 4.79 Å². The van der Waals surface area contributed by atoms with Crippen molar-refractivity contribution in [3.63, 3.8) is 0 Å². The topological polar surface area (TPSA) is 58.6 Å². The Balaban J connectivity index is 1.64. The SMILES string of the molecule is C=CCOC(=O)N1CCC(NC(=O)C(c2ccccc2)c2ccccc2)CC1. The first-order chi connectivity index (χ1) is 13.7. The van der Waals surface area contributed by atoms with Crippen molar-refractivity contribution in [1.29, 1.82) is 0 Å². The third-order valence-corrected chi connectivity index (χ3v) is 4.95. The number of hydrogen-bond donors (Lipinski definition) is 1. The van der Waals surface area contributed by atoms with Gasteiger partial charge in [0.1, 0.15) is 6.61 Å². The molecule has 2 amide bonds. The molecule has 5 nitrogen and oxygen atoms in total. The molecule has 0 aromatic heterocycles. The van der Waals surface area contributed by atoms with Crippen LogP contribution < -0.4 is 5.32 Å². The normalized spacial score (nSPS) is 14.5. The number of ether oxygens (including phenoxy) is 1. The average Bonchev–Trinajstić information content (AvgIpc) is 2.74. The quantitative estimate of drug-likeness (QED) is 0.780. The number of hydrogen-bond acceptors (Lipinski definition) is 3. The monoisotopic (exact) mass is 378 g/mol. The summed E-state index contributed by atoms with van der Waals surface area (Å²) in [6, 6.07) is 19.7. The Morgan fingerprint density at radius 3 is 2.07 bits per heavy atom. The smallest absolute Gasteiger partial charge is 0.410 e. The number of nitrogens with zero attached hydrogens (tertiary/aromatic N) is 1. The zero-order chi connectivity index (χ0) is 19.8. The average molecular weight is 378 g/mol. The lowest BCUT2D eigenvalue weighted by molar-refractivity contribution is -0.122. The van der Waals surface area contributed by atoms with E-state index in [1.807, 2.05) is 60.7 Å². The van der Waals surface area contributed by atoms with Crippen LogP contribution in [-0.2, 0) is 9.53 Å². The molecule has 5 heteroatoms. The van der Waals surface area contributed by atoms with E-state index < -0.39 is 0 Å². The minimum Gasteiger partial charge on any atom is -0.445 e. The van der Waals surface area contributed by atoms with Crippen molar-refractivity contribution in [3.05, 3.63) is 84.4 Å². The van der Waals surface area contributed by atoms with Gasteiger partial charge in [-0.05, 0) is 24.0 Å². The number of nitrogens with one attached hydrogen (secondary N) is 1. The number of carbonyl (C=O) groups is 2. The second-order valence-electron chi connectivity index (χ2n) is 6.89. The van der Waals surface area contributed by atoms with Gasteiger partial charge in [0.05, 0.1) is 5.92 Å². The zero-order valence-corrected chi connectivity index (χ0v) is 15.9. The zero-order valence-electron chi connectivity index (χ0n) is 15.9. The molecule has 1 saturated heterocycles. The molecule has 0 unspecified atom stereocenters. The molecular formula is C23H26N2O3. The predicted octanol–water partition coefficient (Wildman–Crippen LogP) is 3.72. The summed E-state index contributed by atoms with van der Waals surface area (Å²) in [5.41, 5.74) is 1.94. The molecule has 28 heavy (non-hydrogen) atoms. The van der Waals surface area contributed by atoms with Gasteiger partial charge >= 0.3 is 6.09 Å². The largest absolute Gasteiger partial charge is 0.445 e. The van der Waals surface area contributed by atoms with Crippen LogP contribution in [0.3, 0.4) is 0 Å². The maximum Gasteiger partial charge on any atom is 0.410 e. The van der Waals surface area contributed by atoms with E-state index in [0.717, 1.165) is 11.1 Å². The van der Waals surface area contributed by atoms with Crippen molar-refractivity contribution in [2.24, 2.45) is 0 Å². The van der Waals surface area contributed by atoms with Crippen LogP contribution in [0.15, 0.2) is 73.3 Å². The lowest BCUT2D eigenvalue weighted by Gasteiger charge is -2.32. The van der Waals surface area contributed by atoms with E-state index in [1.165, 1.54) is 0 Å². The van der Waals surface area contributed by atoms with E-state index in [-0.39, 0.29) is 30.6 Å². The Kier molecular flexibility index (Phi) is 6.84. The maximum atomic E-state index is 13.1. The van der Waals surface area contributed by atoms with Crippen LogP contribution in [0, 0.1) is 0 Å². The Hall–Kier alpha value is -3.08. The molecule has 0 radical (unpaired) electrons. The molecule has 2 aromatic carbocycles. The lowest BCUT2D eigenvalue weighted by Crippen LogP contribution is -2.47. The van der Waals surface area contributed by atoms with Gasteiger partial charge in [0.25, 0.3) is 0 Å². The van der Waals surface area contributed by atoms with Crippen LogP contribution >= 0.6 is 0 Å². The van der Waals surface area contributed by atoms with Crippen molar-refractivity contribution in [3.8, 4) is 0 Å². The van der Waals surface area contributed by atoms with Gasteiger partial charge in [-0.2, -0.15) is 0 Å². The second kappa shape index (κ2) is 9.74. The molecule has 0 atom stereocenters. The Labute approximate surface area is 166 Å². The molecule has 0 bridgehead atoms. The Morgan fingerprint density at radius 2 is 1.57 bits per heavy atom. The van der Waals surface area contributed by atoms with Crippen molar-refractivity contribution in [2.75, 3.05) is 19.7 Å². The molecule has 1 aliphatic heterocycles. The van der Waals surface area contributed by atoms with Crippen LogP contribution in [0.2, 0.25) is 0 Å². The highest BCUT2D eigenvalue weighted by Gasteiger charge is 2.28. The summed E-state index contributed by atoms with van der Waals surface area (Å²) in [6.45, 7) is 4.90. The third-order valence-electron chi connectivity index (χ3n) is 4.95. The Bertz CT molecular complexity index is 745. The van der Waals surface area contributed by atoms with E-state index in [2.05, 4.69) is 11.9 Å². The van der Waals surface area contributed by atoms with Crippen molar-refractivity contribution >= 4 is 12.0 Å². The summed E-state index contributed by atoms with van der Waals surface area (Å²) >= 11 is 0. The summed E-state index contributed by atoms with van der Waals surface area (Å²) in [5.74, 6) is -0.358. The van der Waals surface area contributed by atoms with E-state index in [4.69, 9.17) is 4.74 Å². The van der Waals surface area contributed by atoms with Gasteiger partial charge < -0.3 is 15.0 Å². The number of benzene rings is 2. The Morgan fingerprint density at radius 1 is 1.04 bits per heavy atom. The van der Waals surface area contributed by atoms with Crippen molar-refractivity contribution < 1.29 is 14.3 Å². The van der Waals surface area contributed by atoms with Gasteiger partial charge in [0.15, 0.2) is 0 Å². The van der Waals surface area contributed by atoms with Crippen molar-refractivity contribution in [2.45, 2.75) is 24.8 Å². The molecule has 0 spiro atoms. The lowest BCUT2D eigenvalue weighted by atomic mass is 9.90. The van der Waals surface area contributed by atoms with Gasteiger partial charge in [-0.1, -0.05) is 73.3 Å². The highest BCUT2D eigenvalue weighted by atomic mass is 16.6. The standard InChI is InChI=1S/C23H26N2O3/c1-2-17-28-23(27)25-15-13-20(14-16-25)24-22(26)21(18-9-5-3-6-10-18)19-11-7-4-8-12-19/h2-12,20-21H,1,13-17H2,(H,24,26). The van der Waals surface area contributed by atoms with E-state index in [0.29, 0.717) is 25.9 Å². The van der Waals surface area contributed by atoms with E-state index >= 15 is 0 Å². The van der Waals surface area contributed by atoms with Crippen LogP contribution in [-0.4, -0.2) is 42.6 Å². The molecule has 1 aliphatic rings. The van der Waals surface area contributed by atoms with Gasteiger partial charge in [0, 0.05) is 19.1 Å². The summed E-state index contributed by atoms with van der Waals surface area (Å²) in [6.07, 6.45) is 2.66. The third kappa shape index (κ3) is 5.00. The molecule has 1 N–H and O–H groups in total. The van der Waals surface area contributed by atoms with Gasteiger partial charge in [-0.25, -0.2) is 4.79 Å². The minimum absolute atomic E-state index is 0.00918. The minimum atomic E-state index is -0.349. The summed E-state index contributed by atoms with van der Waals surface area (Å²) in [7, 11) is 0. The summed E-state index contributed by atoms with van der Waals surface area (Å²) in [4.78, 5) is 26.8. The number of rotatable bonds is 6. The fourth-order valence-electron chi connectivity index (χ4n) is 3.50. The predicted molar refractivity (Wildman–Crippen MR) is 109 cm³/mol. The summed E-state index contributed by atoms with van der Waals surface area (Å²) in [5, 5.41) is 3.18. The fraction of sp³-hybridized carbons (Fsp3) is 0.304.